The molecule has 0 aliphatic carbocycles. The van der Waals surface area contributed by atoms with Gasteiger partial charge in [-0.1, -0.05) is 24.3 Å². The standard InChI is InChI=1S/C14H17N3O2/c1-19-8-4-7-16-14(18)12-9-17-13(15)11-6-3-2-5-10(11)12/h2-3,5-6,9H,4,7-8H2,1H3,(H2,15,17)(H,16,18). The second-order valence-electron chi connectivity index (χ2n) is 4.20. The van der Waals surface area contributed by atoms with E-state index in [4.69, 9.17) is 10.5 Å². The number of amides is 1. The van der Waals surface area contributed by atoms with Gasteiger partial charge in [0.15, 0.2) is 0 Å². The number of methoxy groups -OCH3 is 1. The fourth-order valence-corrected chi connectivity index (χ4v) is 1.91. The number of nitrogens with one attached hydrogen (secondary N) is 1. The number of aromatic nitrogens is 1. The van der Waals surface area contributed by atoms with E-state index in [1.165, 1.54) is 6.20 Å². The topological polar surface area (TPSA) is 77.2 Å². The Morgan fingerprint density at radius 1 is 1.37 bits per heavy atom. The number of anilines is 1. The van der Waals surface area contributed by atoms with Crippen molar-refractivity contribution in [3.63, 3.8) is 0 Å². The number of ether oxygens (including phenoxy) is 1. The number of nitrogen functional groups attached to an aromatic ring is 1. The fraction of sp³-hybridized carbons (Fsp3) is 0.286. The van der Waals surface area contributed by atoms with Crippen LogP contribution in [0.4, 0.5) is 5.82 Å². The van der Waals surface area contributed by atoms with E-state index >= 15 is 0 Å². The van der Waals surface area contributed by atoms with E-state index in [1.54, 1.807) is 7.11 Å². The predicted molar refractivity (Wildman–Crippen MR) is 75.0 cm³/mol. The summed E-state index contributed by atoms with van der Waals surface area (Å²) in [4.78, 5) is 16.2. The average Bonchev–Trinajstić information content (AvgIpc) is 2.44. The Kier molecular flexibility index (Phi) is 4.30. The van der Waals surface area contributed by atoms with Crippen LogP contribution < -0.4 is 11.1 Å². The van der Waals surface area contributed by atoms with Crippen molar-refractivity contribution >= 4 is 22.5 Å². The van der Waals surface area contributed by atoms with Gasteiger partial charge in [0.05, 0.1) is 5.56 Å². The van der Waals surface area contributed by atoms with Gasteiger partial charge in [-0.15, -0.1) is 0 Å². The first-order chi connectivity index (χ1) is 9.24. The van der Waals surface area contributed by atoms with E-state index in [0.29, 0.717) is 24.5 Å². The smallest absolute Gasteiger partial charge is 0.253 e. The summed E-state index contributed by atoms with van der Waals surface area (Å²) in [6.07, 6.45) is 2.30. The number of pyridine rings is 1. The SMILES string of the molecule is COCCCNC(=O)c1cnc(N)c2ccccc12. The van der Waals surface area contributed by atoms with Crippen molar-refractivity contribution in [3.8, 4) is 0 Å². The molecule has 5 nitrogen and oxygen atoms in total. The molecule has 0 aliphatic heterocycles. The molecule has 1 aromatic heterocycles. The molecule has 0 atom stereocenters. The van der Waals surface area contributed by atoms with Crippen LogP contribution in [0.2, 0.25) is 0 Å². The third-order valence-electron chi connectivity index (χ3n) is 2.88. The number of fused-ring (bicyclic) bond motifs is 1. The molecule has 0 radical (unpaired) electrons. The third kappa shape index (κ3) is 3.00. The molecule has 19 heavy (non-hydrogen) atoms. The highest BCUT2D eigenvalue weighted by atomic mass is 16.5. The quantitative estimate of drug-likeness (QED) is 0.799. The van der Waals surface area contributed by atoms with Gasteiger partial charge in [-0.05, 0) is 11.8 Å². The molecule has 0 spiro atoms. The summed E-state index contributed by atoms with van der Waals surface area (Å²) in [6, 6.07) is 7.49. The van der Waals surface area contributed by atoms with Crippen molar-refractivity contribution in [2.24, 2.45) is 0 Å². The first-order valence-electron chi connectivity index (χ1n) is 6.14. The summed E-state index contributed by atoms with van der Waals surface area (Å²) in [6.45, 7) is 1.20. The molecule has 0 aliphatic rings. The number of benzene rings is 1. The molecule has 0 bridgehead atoms. The summed E-state index contributed by atoms with van der Waals surface area (Å²) in [5.41, 5.74) is 6.35. The van der Waals surface area contributed by atoms with Crippen molar-refractivity contribution in [3.05, 3.63) is 36.0 Å². The molecule has 1 aromatic carbocycles. The minimum absolute atomic E-state index is 0.139. The van der Waals surface area contributed by atoms with Crippen LogP contribution in [0.1, 0.15) is 16.8 Å². The van der Waals surface area contributed by atoms with E-state index < -0.39 is 0 Å². The number of hydrogen-bond acceptors (Lipinski definition) is 4. The number of rotatable bonds is 5. The van der Waals surface area contributed by atoms with Gasteiger partial charge in [0, 0.05) is 31.8 Å². The Balaban J connectivity index is 2.20. The van der Waals surface area contributed by atoms with Crippen LogP contribution in [0.25, 0.3) is 10.8 Å². The highest BCUT2D eigenvalue weighted by molar-refractivity contribution is 6.08. The van der Waals surface area contributed by atoms with Crippen LogP contribution in [0.3, 0.4) is 0 Å². The van der Waals surface area contributed by atoms with Gasteiger partial charge in [-0.2, -0.15) is 0 Å². The lowest BCUT2D eigenvalue weighted by molar-refractivity contribution is 0.0950. The summed E-state index contributed by atoms with van der Waals surface area (Å²) in [5.74, 6) is 0.298. The molecule has 1 heterocycles. The molecular weight excluding hydrogens is 242 g/mol. The number of nitrogens with zero attached hydrogens (tertiary/aromatic N) is 1. The Bertz CT molecular complexity index is 584. The molecule has 0 saturated carbocycles. The van der Waals surface area contributed by atoms with Gasteiger partial charge in [-0.25, -0.2) is 4.98 Å². The van der Waals surface area contributed by atoms with Gasteiger partial charge >= 0.3 is 0 Å². The molecule has 5 heteroatoms. The molecule has 2 aromatic rings. The van der Waals surface area contributed by atoms with E-state index in [9.17, 15) is 4.79 Å². The van der Waals surface area contributed by atoms with E-state index in [2.05, 4.69) is 10.3 Å². The molecule has 1 amide bonds. The second-order valence-corrected chi connectivity index (χ2v) is 4.20. The van der Waals surface area contributed by atoms with Crippen molar-refractivity contribution in [1.82, 2.24) is 10.3 Å². The molecule has 0 saturated heterocycles. The Morgan fingerprint density at radius 2 is 2.11 bits per heavy atom. The van der Waals surface area contributed by atoms with Gasteiger partial charge < -0.3 is 15.8 Å². The van der Waals surface area contributed by atoms with E-state index in [0.717, 1.165) is 17.2 Å². The molecular formula is C14H17N3O2. The zero-order chi connectivity index (χ0) is 13.7. The van der Waals surface area contributed by atoms with Crippen LogP contribution in [0.5, 0.6) is 0 Å². The lowest BCUT2D eigenvalue weighted by Crippen LogP contribution is -2.25. The highest BCUT2D eigenvalue weighted by Crippen LogP contribution is 2.22. The largest absolute Gasteiger partial charge is 0.385 e. The van der Waals surface area contributed by atoms with Crippen molar-refractivity contribution in [2.75, 3.05) is 26.0 Å². The van der Waals surface area contributed by atoms with Crippen molar-refractivity contribution < 1.29 is 9.53 Å². The fourth-order valence-electron chi connectivity index (χ4n) is 1.91. The van der Waals surface area contributed by atoms with Crippen LogP contribution in [0, 0.1) is 0 Å². The first kappa shape index (κ1) is 13.3. The number of nitrogens with two attached hydrogens (primary N) is 1. The van der Waals surface area contributed by atoms with Crippen molar-refractivity contribution in [1.29, 1.82) is 0 Å². The normalized spacial score (nSPS) is 10.6. The lowest BCUT2D eigenvalue weighted by Gasteiger charge is -2.08. The summed E-state index contributed by atoms with van der Waals surface area (Å²) < 4.78 is 4.94. The zero-order valence-corrected chi connectivity index (χ0v) is 10.8. The van der Waals surface area contributed by atoms with Gasteiger partial charge in [0.25, 0.3) is 5.91 Å². The van der Waals surface area contributed by atoms with Gasteiger partial charge in [0.1, 0.15) is 5.82 Å². The molecule has 3 N–H and O–H groups in total. The maximum Gasteiger partial charge on any atom is 0.253 e. The van der Waals surface area contributed by atoms with Crippen LogP contribution in [-0.2, 0) is 4.74 Å². The first-order valence-corrected chi connectivity index (χ1v) is 6.14. The highest BCUT2D eigenvalue weighted by Gasteiger charge is 2.11. The van der Waals surface area contributed by atoms with Crippen LogP contribution in [0.15, 0.2) is 30.5 Å². The number of carbonyl (C=O) groups is 1. The Morgan fingerprint density at radius 3 is 2.84 bits per heavy atom. The Hall–Kier alpha value is -2.14. The molecule has 0 fully saturated rings. The minimum atomic E-state index is -0.139. The summed E-state index contributed by atoms with van der Waals surface area (Å²) in [7, 11) is 1.64. The molecule has 2 rings (SSSR count). The maximum atomic E-state index is 12.1. The van der Waals surface area contributed by atoms with Crippen molar-refractivity contribution in [2.45, 2.75) is 6.42 Å². The third-order valence-corrected chi connectivity index (χ3v) is 2.88. The second kappa shape index (κ2) is 6.15. The lowest BCUT2D eigenvalue weighted by atomic mass is 10.1. The van der Waals surface area contributed by atoms with E-state index in [-0.39, 0.29) is 5.91 Å². The number of hydrogen-bond donors (Lipinski definition) is 2. The zero-order valence-electron chi connectivity index (χ0n) is 10.8. The van der Waals surface area contributed by atoms with Crippen LogP contribution >= 0.6 is 0 Å². The average molecular weight is 259 g/mol. The van der Waals surface area contributed by atoms with Gasteiger partial charge in [-0.3, -0.25) is 4.79 Å². The van der Waals surface area contributed by atoms with Crippen LogP contribution in [-0.4, -0.2) is 31.2 Å². The summed E-state index contributed by atoms with van der Waals surface area (Å²) in [5, 5.41) is 4.46. The maximum absolute atomic E-state index is 12.1. The van der Waals surface area contributed by atoms with E-state index in [1.807, 2.05) is 24.3 Å². The molecule has 0 unspecified atom stereocenters. The molecule has 100 valence electrons. The van der Waals surface area contributed by atoms with Gasteiger partial charge in [0.2, 0.25) is 0 Å². The Labute approximate surface area is 111 Å². The summed E-state index contributed by atoms with van der Waals surface area (Å²) >= 11 is 0. The number of carbonyl (C=O) groups excluding carboxylic acids is 1. The monoisotopic (exact) mass is 259 g/mol. The minimum Gasteiger partial charge on any atom is -0.385 e. The predicted octanol–water partition coefficient (Wildman–Crippen LogP) is 1.58.